The molecule has 0 aromatic heterocycles. The molecule has 19 heavy (non-hydrogen) atoms. The van der Waals surface area contributed by atoms with Crippen LogP contribution in [-0.2, 0) is 9.47 Å². The predicted molar refractivity (Wildman–Crippen MR) is 79.8 cm³/mol. The molecule has 0 saturated carbocycles. The number of anilines is 1. The van der Waals surface area contributed by atoms with E-state index in [9.17, 15) is 0 Å². The molecule has 108 valence electrons. The second-order valence-electron chi connectivity index (χ2n) is 4.57. The quantitative estimate of drug-likeness (QED) is 0.656. The fraction of sp³-hybridized carbons (Fsp3) is 0.600. The molecule has 0 heterocycles. The number of ether oxygens (including phenoxy) is 2. The fourth-order valence-corrected chi connectivity index (χ4v) is 1.83. The summed E-state index contributed by atoms with van der Waals surface area (Å²) in [6.45, 7) is 6.67. The van der Waals surface area contributed by atoms with Crippen molar-refractivity contribution in [1.29, 1.82) is 0 Å². The topological polar surface area (TPSA) is 47.7 Å². The van der Waals surface area contributed by atoms with Gasteiger partial charge in [-0.1, -0.05) is 17.7 Å². The van der Waals surface area contributed by atoms with Crippen LogP contribution in [0.2, 0.25) is 0 Å². The standard InChI is InChI=1S/C15H26N2O2/c1-14-4-6-15(7-5-14)17(9-3-8-16)10-11-19-13-12-18-2/h4-7H,3,8-13,16H2,1-2H3. The number of hydrogen-bond donors (Lipinski definition) is 1. The molecule has 0 fully saturated rings. The largest absolute Gasteiger partial charge is 0.382 e. The van der Waals surface area contributed by atoms with Crippen LogP contribution in [0, 0.1) is 6.92 Å². The van der Waals surface area contributed by atoms with Crippen molar-refractivity contribution in [2.45, 2.75) is 13.3 Å². The Morgan fingerprint density at radius 3 is 2.42 bits per heavy atom. The lowest BCUT2D eigenvalue weighted by Gasteiger charge is -2.24. The molecule has 1 aromatic rings. The van der Waals surface area contributed by atoms with Crippen molar-refractivity contribution in [2.24, 2.45) is 5.73 Å². The fourth-order valence-electron chi connectivity index (χ4n) is 1.83. The summed E-state index contributed by atoms with van der Waals surface area (Å²) in [4.78, 5) is 2.32. The number of aryl methyl sites for hydroxylation is 1. The van der Waals surface area contributed by atoms with E-state index in [0.717, 1.165) is 19.5 Å². The summed E-state index contributed by atoms with van der Waals surface area (Å²) in [5.41, 5.74) is 8.11. The third-order valence-electron chi connectivity index (χ3n) is 2.97. The second kappa shape index (κ2) is 9.78. The van der Waals surface area contributed by atoms with Gasteiger partial charge in [-0.15, -0.1) is 0 Å². The van der Waals surface area contributed by atoms with Gasteiger partial charge >= 0.3 is 0 Å². The highest BCUT2D eigenvalue weighted by molar-refractivity contribution is 5.47. The van der Waals surface area contributed by atoms with Crippen molar-refractivity contribution in [3.05, 3.63) is 29.8 Å². The minimum Gasteiger partial charge on any atom is -0.382 e. The molecule has 2 N–H and O–H groups in total. The van der Waals surface area contributed by atoms with E-state index in [1.54, 1.807) is 7.11 Å². The van der Waals surface area contributed by atoms with Gasteiger partial charge in [-0.05, 0) is 32.0 Å². The van der Waals surface area contributed by atoms with Gasteiger partial charge in [0.15, 0.2) is 0 Å². The molecule has 0 spiro atoms. The highest BCUT2D eigenvalue weighted by Gasteiger charge is 2.05. The highest BCUT2D eigenvalue weighted by Crippen LogP contribution is 2.15. The van der Waals surface area contributed by atoms with Gasteiger partial charge in [0.2, 0.25) is 0 Å². The van der Waals surface area contributed by atoms with Gasteiger partial charge in [0.1, 0.15) is 0 Å². The van der Waals surface area contributed by atoms with Crippen LogP contribution in [-0.4, -0.2) is 46.6 Å². The van der Waals surface area contributed by atoms with Crippen LogP contribution in [0.15, 0.2) is 24.3 Å². The summed E-state index contributed by atoms with van der Waals surface area (Å²) >= 11 is 0. The zero-order valence-electron chi connectivity index (χ0n) is 12.1. The molecule has 0 radical (unpaired) electrons. The average molecular weight is 266 g/mol. The maximum atomic E-state index is 5.60. The molecular formula is C15H26N2O2. The summed E-state index contributed by atoms with van der Waals surface area (Å²) in [6, 6.07) is 8.58. The van der Waals surface area contributed by atoms with Crippen LogP contribution < -0.4 is 10.6 Å². The van der Waals surface area contributed by atoms with Crippen molar-refractivity contribution in [3.8, 4) is 0 Å². The SMILES string of the molecule is COCCOCCN(CCCN)c1ccc(C)cc1. The number of hydrogen-bond acceptors (Lipinski definition) is 4. The molecule has 1 aromatic carbocycles. The normalized spacial score (nSPS) is 10.7. The molecule has 4 heteroatoms. The van der Waals surface area contributed by atoms with E-state index in [2.05, 4.69) is 36.1 Å². The third kappa shape index (κ3) is 6.57. The minimum absolute atomic E-state index is 0.646. The zero-order valence-corrected chi connectivity index (χ0v) is 12.1. The Balaban J connectivity index is 2.44. The molecule has 0 aliphatic heterocycles. The Labute approximate surface area is 116 Å². The van der Waals surface area contributed by atoms with E-state index >= 15 is 0 Å². The molecule has 0 amide bonds. The Bertz CT molecular complexity index is 327. The third-order valence-corrected chi connectivity index (χ3v) is 2.97. The number of nitrogens with two attached hydrogens (primary N) is 1. The van der Waals surface area contributed by atoms with Crippen LogP contribution >= 0.6 is 0 Å². The molecular weight excluding hydrogens is 240 g/mol. The number of nitrogens with zero attached hydrogens (tertiary/aromatic N) is 1. The monoisotopic (exact) mass is 266 g/mol. The van der Waals surface area contributed by atoms with Gasteiger partial charge in [0.05, 0.1) is 19.8 Å². The summed E-state index contributed by atoms with van der Waals surface area (Å²) in [5, 5.41) is 0. The predicted octanol–water partition coefficient (Wildman–Crippen LogP) is 1.81. The maximum Gasteiger partial charge on any atom is 0.0701 e. The lowest BCUT2D eigenvalue weighted by Crippen LogP contribution is -2.30. The minimum atomic E-state index is 0.646. The van der Waals surface area contributed by atoms with Crippen LogP contribution in [0.3, 0.4) is 0 Å². The van der Waals surface area contributed by atoms with E-state index in [0.29, 0.717) is 26.4 Å². The molecule has 0 saturated heterocycles. The Kier molecular flexibility index (Phi) is 8.21. The first-order valence-corrected chi connectivity index (χ1v) is 6.86. The first-order valence-electron chi connectivity index (χ1n) is 6.86. The molecule has 1 rings (SSSR count). The molecule has 0 bridgehead atoms. The van der Waals surface area contributed by atoms with E-state index in [-0.39, 0.29) is 0 Å². The maximum absolute atomic E-state index is 5.60. The molecule has 0 aliphatic rings. The van der Waals surface area contributed by atoms with Crippen molar-refractivity contribution < 1.29 is 9.47 Å². The average Bonchev–Trinajstić information content (AvgIpc) is 2.43. The summed E-state index contributed by atoms with van der Waals surface area (Å²) in [5.74, 6) is 0. The lowest BCUT2D eigenvalue weighted by molar-refractivity contribution is 0.0740. The molecule has 4 nitrogen and oxygen atoms in total. The van der Waals surface area contributed by atoms with Crippen LogP contribution in [0.5, 0.6) is 0 Å². The lowest BCUT2D eigenvalue weighted by atomic mass is 10.2. The van der Waals surface area contributed by atoms with E-state index in [4.69, 9.17) is 15.2 Å². The summed E-state index contributed by atoms with van der Waals surface area (Å²) in [7, 11) is 1.68. The first-order chi connectivity index (χ1) is 9.27. The van der Waals surface area contributed by atoms with Gasteiger partial charge in [0, 0.05) is 25.9 Å². The second-order valence-corrected chi connectivity index (χ2v) is 4.57. The molecule has 0 atom stereocenters. The van der Waals surface area contributed by atoms with Gasteiger partial charge in [-0.25, -0.2) is 0 Å². The van der Waals surface area contributed by atoms with Crippen LogP contribution in [0.4, 0.5) is 5.69 Å². The number of rotatable bonds is 10. The molecule has 0 unspecified atom stereocenters. The van der Waals surface area contributed by atoms with Gasteiger partial charge < -0.3 is 20.1 Å². The van der Waals surface area contributed by atoms with Crippen molar-refractivity contribution in [1.82, 2.24) is 0 Å². The van der Waals surface area contributed by atoms with E-state index in [1.165, 1.54) is 11.3 Å². The Morgan fingerprint density at radius 1 is 1.05 bits per heavy atom. The number of methoxy groups -OCH3 is 1. The van der Waals surface area contributed by atoms with Crippen LogP contribution in [0.25, 0.3) is 0 Å². The Hall–Kier alpha value is -1.10. The number of benzene rings is 1. The van der Waals surface area contributed by atoms with Crippen molar-refractivity contribution >= 4 is 5.69 Å². The first kappa shape index (κ1) is 16.0. The highest BCUT2D eigenvalue weighted by atomic mass is 16.5. The smallest absolute Gasteiger partial charge is 0.0701 e. The zero-order chi connectivity index (χ0) is 13.9. The summed E-state index contributed by atoms with van der Waals surface area (Å²) < 4.78 is 10.5. The van der Waals surface area contributed by atoms with Gasteiger partial charge in [-0.2, -0.15) is 0 Å². The van der Waals surface area contributed by atoms with E-state index in [1.807, 2.05) is 0 Å². The van der Waals surface area contributed by atoms with Crippen molar-refractivity contribution in [2.75, 3.05) is 51.5 Å². The summed E-state index contributed by atoms with van der Waals surface area (Å²) in [6.07, 6.45) is 0.992. The Morgan fingerprint density at radius 2 is 1.79 bits per heavy atom. The van der Waals surface area contributed by atoms with Crippen molar-refractivity contribution in [3.63, 3.8) is 0 Å². The molecule has 0 aliphatic carbocycles. The van der Waals surface area contributed by atoms with Crippen LogP contribution in [0.1, 0.15) is 12.0 Å². The van der Waals surface area contributed by atoms with Gasteiger partial charge in [0.25, 0.3) is 0 Å². The van der Waals surface area contributed by atoms with Gasteiger partial charge in [-0.3, -0.25) is 0 Å². The van der Waals surface area contributed by atoms with E-state index < -0.39 is 0 Å².